The Labute approximate surface area is 156 Å². The molecule has 0 bridgehead atoms. The number of hydrogen-bond donors (Lipinski definition) is 2. The SMILES string of the molecule is CCn1nc(C(C)C)c2nc(COc3ccc(S(N)(=O)=O)cc3)[nH]c(=O)c21. The van der Waals surface area contributed by atoms with Gasteiger partial charge in [0.15, 0.2) is 5.52 Å². The Bertz CT molecular complexity index is 1130. The number of ether oxygens (including phenoxy) is 1. The van der Waals surface area contributed by atoms with Crippen LogP contribution in [0.2, 0.25) is 0 Å². The Kier molecular flexibility index (Phi) is 5.03. The Hall–Kier alpha value is -2.72. The fourth-order valence-electron chi connectivity index (χ4n) is 2.72. The van der Waals surface area contributed by atoms with E-state index in [4.69, 9.17) is 9.88 Å². The predicted octanol–water partition coefficient (Wildman–Crippen LogP) is 1.49. The quantitative estimate of drug-likeness (QED) is 0.654. The van der Waals surface area contributed by atoms with E-state index in [2.05, 4.69) is 15.1 Å². The molecule has 9 nitrogen and oxygen atoms in total. The molecule has 0 saturated heterocycles. The first-order valence-corrected chi connectivity index (χ1v) is 10.0. The maximum absolute atomic E-state index is 12.5. The lowest BCUT2D eigenvalue weighted by Gasteiger charge is -2.07. The van der Waals surface area contributed by atoms with Crippen molar-refractivity contribution in [3.05, 3.63) is 46.1 Å². The molecular weight excluding hydrogens is 370 g/mol. The van der Waals surface area contributed by atoms with Crippen molar-refractivity contribution < 1.29 is 13.2 Å². The summed E-state index contributed by atoms with van der Waals surface area (Å²) in [4.78, 5) is 19.7. The second-order valence-corrected chi connectivity index (χ2v) is 7.93. The zero-order chi connectivity index (χ0) is 19.8. The van der Waals surface area contributed by atoms with Crippen LogP contribution in [-0.4, -0.2) is 28.2 Å². The van der Waals surface area contributed by atoms with E-state index in [0.29, 0.717) is 29.2 Å². The molecular formula is C17H21N5O4S. The van der Waals surface area contributed by atoms with Crippen molar-refractivity contribution in [2.24, 2.45) is 5.14 Å². The number of sulfonamides is 1. The van der Waals surface area contributed by atoms with E-state index in [1.165, 1.54) is 24.3 Å². The zero-order valence-corrected chi connectivity index (χ0v) is 16.1. The largest absolute Gasteiger partial charge is 0.486 e. The maximum Gasteiger partial charge on any atom is 0.277 e. The summed E-state index contributed by atoms with van der Waals surface area (Å²) in [6.45, 7) is 6.49. The van der Waals surface area contributed by atoms with Crippen molar-refractivity contribution in [2.75, 3.05) is 0 Å². The van der Waals surface area contributed by atoms with Gasteiger partial charge in [0.2, 0.25) is 10.0 Å². The van der Waals surface area contributed by atoms with Gasteiger partial charge in [0, 0.05) is 6.54 Å². The highest BCUT2D eigenvalue weighted by atomic mass is 32.2. The Morgan fingerprint density at radius 3 is 2.48 bits per heavy atom. The molecule has 0 amide bonds. The van der Waals surface area contributed by atoms with E-state index in [1.807, 2.05) is 20.8 Å². The number of nitrogens with one attached hydrogen (secondary N) is 1. The normalized spacial score (nSPS) is 12.0. The number of nitrogens with two attached hydrogens (primary N) is 1. The van der Waals surface area contributed by atoms with E-state index >= 15 is 0 Å². The van der Waals surface area contributed by atoms with Crippen LogP contribution in [0.1, 0.15) is 38.2 Å². The van der Waals surface area contributed by atoms with Crippen molar-refractivity contribution in [1.29, 1.82) is 0 Å². The standard InChI is InChI=1S/C17H21N5O4S/c1-4-22-16-15(14(21-22)10(2)3)19-13(20-17(16)23)9-26-11-5-7-12(8-6-11)27(18,24)25/h5-8,10H,4,9H2,1-3H3,(H2,18,24,25)(H,19,20,23). The first-order chi connectivity index (χ1) is 12.7. The molecule has 3 N–H and O–H groups in total. The fourth-order valence-corrected chi connectivity index (χ4v) is 3.24. The third kappa shape index (κ3) is 3.86. The summed E-state index contributed by atoms with van der Waals surface area (Å²) in [5, 5.41) is 9.55. The summed E-state index contributed by atoms with van der Waals surface area (Å²) in [7, 11) is -3.75. The molecule has 0 aliphatic rings. The highest BCUT2D eigenvalue weighted by Gasteiger charge is 2.18. The average molecular weight is 391 g/mol. The number of benzene rings is 1. The Morgan fingerprint density at radius 1 is 1.26 bits per heavy atom. The molecule has 0 spiro atoms. The molecule has 3 rings (SSSR count). The Balaban J connectivity index is 1.89. The second kappa shape index (κ2) is 7.12. The molecule has 10 heteroatoms. The van der Waals surface area contributed by atoms with Crippen molar-refractivity contribution in [2.45, 2.75) is 44.7 Å². The van der Waals surface area contributed by atoms with Gasteiger partial charge in [-0.3, -0.25) is 9.48 Å². The van der Waals surface area contributed by atoms with Crippen LogP contribution in [0.25, 0.3) is 11.0 Å². The molecule has 1 aromatic carbocycles. The molecule has 0 aliphatic carbocycles. The van der Waals surface area contributed by atoms with Crippen LogP contribution in [0.5, 0.6) is 5.75 Å². The lowest BCUT2D eigenvalue weighted by atomic mass is 10.1. The molecule has 2 aromatic heterocycles. The van der Waals surface area contributed by atoms with Gasteiger partial charge in [-0.25, -0.2) is 18.5 Å². The molecule has 144 valence electrons. The number of rotatable bonds is 6. The van der Waals surface area contributed by atoms with Crippen LogP contribution in [-0.2, 0) is 23.2 Å². The molecule has 0 atom stereocenters. The van der Waals surface area contributed by atoms with Gasteiger partial charge in [0.05, 0.1) is 10.6 Å². The fraction of sp³-hybridized carbons (Fsp3) is 0.353. The van der Waals surface area contributed by atoms with Crippen molar-refractivity contribution in [1.82, 2.24) is 19.7 Å². The summed E-state index contributed by atoms with van der Waals surface area (Å²) in [6.07, 6.45) is 0. The van der Waals surface area contributed by atoms with Crippen molar-refractivity contribution in [3.8, 4) is 5.75 Å². The first kappa shape index (κ1) is 19.1. The number of nitrogens with zero attached hydrogens (tertiary/aromatic N) is 3. The van der Waals surface area contributed by atoms with Gasteiger partial charge >= 0.3 is 0 Å². The number of aryl methyl sites for hydroxylation is 1. The number of aromatic amines is 1. The molecule has 27 heavy (non-hydrogen) atoms. The minimum absolute atomic E-state index is 0.00337. The van der Waals surface area contributed by atoms with Crippen LogP contribution in [0.3, 0.4) is 0 Å². The maximum atomic E-state index is 12.5. The zero-order valence-electron chi connectivity index (χ0n) is 15.3. The van der Waals surface area contributed by atoms with E-state index in [-0.39, 0.29) is 23.0 Å². The van der Waals surface area contributed by atoms with E-state index in [9.17, 15) is 13.2 Å². The summed E-state index contributed by atoms with van der Waals surface area (Å²) in [5.74, 6) is 0.910. The lowest BCUT2D eigenvalue weighted by Crippen LogP contribution is -2.16. The van der Waals surface area contributed by atoms with Crippen LogP contribution in [0, 0.1) is 0 Å². The third-order valence-electron chi connectivity index (χ3n) is 4.05. The van der Waals surface area contributed by atoms with Crippen LogP contribution in [0.4, 0.5) is 0 Å². The summed E-state index contributed by atoms with van der Waals surface area (Å²) >= 11 is 0. The molecule has 0 radical (unpaired) electrons. The molecule has 0 fully saturated rings. The van der Waals surface area contributed by atoms with Gasteiger partial charge in [0.1, 0.15) is 23.7 Å². The van der Waals surface area contributed by atoms with E-state index in [0.717, 1.165) is 5.69 Å². The number of H-pyrrole nitrogens is 1. The lowest BCUT2D eigenvalue weighted by molar-refractivity contribution is 0.296. The number of fused-ring (bicyclic) bond motifs is 1. The minimum atomic E-state index is -3.75. The number of hydrogen-bond acceptors (Lipinski definition) is 6. The van der Waals surface area contributed by atoms with Crippen LogP contribution in [0.15, 0.2) is 34.0 Å². The van der Waals surface area contributed by atoms with Crippen LogP contribution < -0.4 is 15.4 Å². The van der Waals surface area contributed by atoms with Gasteiger partial charge < -0.3 is 9.72 Å². The summed E-state index contributed by atoms with van der Waals surface area (Å²) in [6, 6.07) is 5.69. The van der Waals surface area contributed by atoms with Gasteiger partial charge in [-0.05, 0) is 37.1 Å². The Morgan fingerprint density at radius 2 is 1.93 bits per heavy atom. The van der Waals surface area contributed by atoms with Crippen LogP contribution >= 0.6 is 0 Å². The summed E-state index contributed by atoms with van der Waals surface area (Å²) in [5.41, 5.74) is 1.50. The number of primary sulfonamides is 1. The van der Waals surface area contributed by atoms with Gasteiger partial charge in [-0.1, -0.05) is 13.8 Å². The minimum Gasteiger partial charge on any atom is -0.486 e. The smallest absolute Gasteiger partial charge is 0.277 e. The highest BCUT2D eigenvalue weighted by Crippen LogP contribution is 2.21. The molecule has 0 unspecified atom stereocenters. The molecule has 0 aliphatic heterocycles. The van der Waals surface area contributed by atoms with Gasteiger partial charge in [0.25, 0.3) is 5.56 Å². The first-order valence-electron chi connectivity index (χ1n) is 8.46. The molecule has 3 aromatic rings. The van der Waals surface area contributed by atoms with Gasteiger partial charge in [-0.2, -0.15) is 5.10 Å². The summed E-state index contributed by atoms with van der Waals surface area (Å²) < 4.78 is 29.8. The molecule has 0 saturated carbocycles. The second-order valence-electron chi connectivity index (χ2n) is 6.37. The number of aromatic nitrogens is 4. The predicted molar refractivity (Wildman–Crippen MR) is 100 cm³/mol. The third-order valence-corrected chi connectivity index (χ3v) is 4.98. The van der Waals surface area contributed by atoms with Crippen molar-refractivity contribution in [3.63, 3.8) is 0 Å². The topological polar surface area (TPSA) is 133 Å². The van der Waals surface area contributed by atoms with E-state index in [1.54, 1.807) is 4.68 Å². The average Bonchev–Trinajstić information content (AvgIpc) is 2.99. The van der Waals surface area contributed by atoms with Gasteiger partial charge in [-0.15, -0.1) is 0 Å². The highest BCUT2D eigenvalue weighted by molar-refractivity contribution is 7.89. The van der Waals surface area contributed by atoms with Crippen molar-refractivity contribution >= 4 is 21.1 Å². The molecule has 2 heterocycles. The van der Waals surface area contributed by atoms with E-state index < -0.39 is 10.0 Å². The monoisotopic (exact) mass is 391 g/mol.